The summed E-state index contributed by atoms with van der Waals surface area (Å²) in [7, 11) is -16.3. The molecule has 0 spiro atoms. The van der Waals surface area contributed by atoms with E-state index in [1.54, 1.807) is 0 Å². The Kier molecular flexibility index (Phi) is 7.62. The molecule has 17 nitrogen and oxygen atoms in total. The number of ether oxygens (including phenoxy) is 2. The quantitative estimate of drug-likeness (QED) is 0.203. The van der Waals surface area contributed by atoms with E-state index in [2.05, 4.69) is 13.1 Å². The molecule has 1 aliphatic heterocycles. The zero-order valence-corrected chi connectivity index (χ0v) is 17.8. The number of hydrogen-bond acceptors (Lipinski definition) is 11. The lowest BCUT2D eigenvalue weighted by molar-refractivity contribution is -0.258. The van der Waals surface area contributed by atoms with E-state index in [9.17, 15) is 37.7 Å². The van der Waals surface area contributed by atoms with Gasteiger partial charge in [0, 0.05) is 19.4 Å². The van der Waals surface area contributed by atoms with Crippen molar-refractivity contribution < 1.29 is 65.4 Å². The largest absolute Gasteiger partial charge is 0.490 e. The fraction of sp³-hybridized carbons (Fsp3) is 0.600. The minimum absolute atomic E-state index is 0.574. The molecule has 0 aromatic carbocycles. The van der Waals surface area contributed by atoms with Crippen LogP contribution >= 0.6 is 23.5 Å². The molecule has 21 heteroatoms. The molecular formula is C10H16FN2O15P3. The second-order valence-electron chi connectivity index (χ2n) is 5.80. The lowest BCUT2D eigenvalue weighted by Gasteiger charge is -2.29. The highest BCUT2D eigenvalue weighted by atomic mass is 31.3. The number of alkyl halides is 1. The molecule has 2 heterocycles. The predicted molar refractivity (Wildman–Crippen MR) is 91.9 cm³/mol. The van der Waals surface area contributed by atoms with Crippen LogP contribution < -0.4 is 11.2 Å². The predicted octanol–water partition coefficient (Wildman–Crippen LogP) is -1.55. The van der Waals surface area contributed by atoms with Gasteiger partial charge in [0.25, 0.3) is 5.56 Å². The minimum Gasteiger partial charge on any atom is -0.385 e. The van der Waals surface area contributed by atoms with Gasteiger partial charge in [0.2, 0.25) is 5.79 Å². The summed E-state index contributed by atoms with van der Waals surface area (Å²) in [4.78, 5) is 60.3. The van der Waals surface area contributed by atoms with E-state index < -0.39 is 65.6 Å². The molecule has 6 N–H and O–H groups in total. The second-order valence-corrected chi connectivity index (χ2v) is 10.2. The van der Waals surface area contributed by atoms with Crippen LogP contribution in [-0.2, 0) is 36.3 Å². The van der Waals surface area contributed by atoms with Crippen molar-refractivity contribution in [3.05, 3.63) is 33.1 Å². The molecule has 0 bridgehead atoms. The van der Waals surface area contributed by atoms with Gasteiger partial charge in [0.05, 0.1) is 0 Å². The Morgan fingerprint density at radius 3 is 2.32 bits per heavy atom. The van der Waals surface area contributed by atoms with E-state index in [0.29, 0.717) is 4.57 Å². The lowest BCUT2D eigenvalue weighted by atomic mass is 10.1. The van der Waals surface area contributed by atoms with Crippen LogP contribution in [0.2, 0.25) is 0 Å². The zero-order chi connectivity index (χ0) is 23.8. The third-order valence-corrected chi connectivity index (χ3v) is 7.43. The van der Waals surface area contributed by atoms with E-state index >= 15 is 0 Å². The molecule has 2 rings (SSSR count). The Labute approximate surface area is 170 Å². The third kappa shape index (κ3) is 6.46. The first-order valence-corrected chi connectivity index (χ1v) is 12.2. The van der Waals surface area contributed by atoms with Crippen molar-refractivity contribution in [3.8, 4) is 0 Å². The van der Waals surface area contributed by atoms with Crippen molar-refractivity contribution in [1.29, 1.82) is 0 Å². The first-order chi connectivity index (χ1) is 14.0. The molecule has 1 fully saturated rings. The average molecular weight is 516 g/mol. The number of nitrogens with one attached hydrogen (secondary N) is 1. The maximum Gasteiger partial charge on any atom is 0.490 e. The second kappa shape index (κ2) is 9.03. The summed E-state index contributed by atoms with van der Waals surface area (Å²) >= 11 is 0. The molecule has 0 radical (unpaired) electrons. The van der Waals surface area contributed by atoms with Gasteiger partial charge in [0.15, 0.2) is 12.4 Å². The van der Waals surface area contributed by atoms with Crippen molar-refractivity contribution in [3.63, 3.8) is 0 Å². The Hall–Kier alpha value is -1.10. The van der Waals surface area contributed by atoms with Gasteiger partial charge in [-0.1, -0.05) is 0 Å². The van der Waals surface area contributed by atoms with E-state index in [4.69, 9.17) is 24.2 Å². The molecule has 31 heavy (non-hydrogen) atoms. The summed E-state index contributed by atoms with van der Waals surface area (Å²) in [5.74, 6) is -2.68. The molecule has 2 unspecified atom stereocenters. The van der Waals surface area contributed by atoms with Gasteiger partial charge in [0.1, 0.15) is 12.7 Å². The number of phosphoric acid groups is 3. The average Bonchev–Trinajstić information content (AvgIpc) is 2.82. The van der Waals surface area contributed by atoms with Crippen LogP contribution in [0.3, 0.4) is 0 Å². The van der Waals surface area contributed by atoms with Crippen molar-refractivity contribution in [2.45, 2.75) is 24.3 Å². The highest BCUT2D eigenvalue weighted by Crippen LogP contribution is 2.66. The fourth-order valence-corrected chi connectivity index (χ4v) is 5.44. The van der Waals surface area contributed by atoms with E-state index in [1.165, 1.54) is 0 Å². The highest BCUT2D eigenvalue weighted by molar-refractivity contribution is 7.66. The summed E-state index contributed by atoms with van der Waals surface area (Å²) in [6.45, 7) is -1.40. The Morgan fingerprint density at radius 1 is 1.19 bits per heavy atom. The molecule has 1 aromatic rings. The Morgan fingerprint density at radius 2 is 1.81 bits per heavy atom. The molecule has 1 aromatic heterocycles. The zero-order valence-electron chi connectivity index (χ0n) is 15.1. The molecule has 1 aliphatic rings. The number of methoxy groups -OCH3 is 1. The van der Waals surface area contributed by atoms with Crippen LogP contribution in [0.5, 0.6) is 0 Å². The summed E-state index contributed by atoms with van der Waals surface area (Å²) in [6, 6.07) is 0.851. The monoisotopic (exact) mass is 516 g/mol. The Bertz CT molecular complexity index is 1070. The van der Waals surface area contributed by atoms with Crippen LogP contribution in [0.25, 0.3) is 0 Å². The molecular weight excluding hydrogens is 500 g/mol. The standard InChI is InChI=1S/C10H16FN2O15P3/c1-24-10(4-25-30(20,21)28-31(22,23)27-29(17,18)19)7(11)6(15)8(26-10)13-3-2-5(14)12-9(13)16/h2-3,6-8,15H,4H2,1H3,(H,20,21)(H,22,23)(H,12,14,16)(H2,17,18,19)/t6-,7+,8-,10-/m1/s1. The van der Waals surface area contributed by atoms with Gasteiger partial charge in [-0.25, -0.2) is 22.9 Å². The first-order valence-electron chi connectivity index (χ1n) is 7.66. The van der Waals surface area contributed by atoms with Crippen LogP contribution in [0, 0.1) is 0 Å². The first kappa shape index (κ1) is 26.2. The van der Waals surface area contributed by atoms with Crippen LogP contribution in [-0.4, -0.2) is 66.0 Å². The van der Waals surface area contributed by atoms with Gasteiger partial charge < -0.3 is 34.2 Å². The summed E-state index contributed by atoms with van der Waals surface area (Å²) in [5.41, 5.74) is -1.92. The molecule has 6 atom stereocenters. The number of aliphatic hydroxyl groups is 1. The number of H-pyrrole nitrogens is 1. The van der Waals surface area contributed by atoms with E-state index in [-0.39, 0.29) is 0 Å². The number of aliphatic hydroxyl groups excluding tert-OH is 1. The number of nitrogens with zero attached hydrogens (tertiary/aromatic N) is 1. The van der Waals surface area contributed by atoms with E-state index in [1.807, 2.05) is 4.98 Å². The van der Waals surface area contributed by atoms with Crippen molar-refractivity contribution in [1.82, 2.24) is 9.55 Å². The number of aromatic amines is 1. The lowest BCUT2D eigenvalue weighted by Crippen LogP contribution is -2.46. The summed E-state index contributed by atoms with van der Waals surface area (Å²) in [5, 5.41) is 10.1. The molecule has 178 valence electrons. The maximum atomic E-state index is 14.7. The third-order valence-electron chi connectivity index (χ3n) is 3.65. The van der Waals surface area contributed by atoms with Crippen molar-refractivity contribution in [2.24, 2.45) is 0 Å². The van der Waals surface area contributed by atoms with Gasteiger partial charge in [-0.3, -0.25) is 18.9 Å². The number of hydrogen-bond donors (Lipinski definition) is 6. The number of halogens is 1. The van der Waals surface area contributed by atoms with Gasteiger partial charge in [-0.15, -0.1) is 0 Å². The van der Waals surface area contributed by atoms with Crippen molar-refractivity contribution >= 4 is 23.5 Å². The molecule has 1 saturated heterocycles. The normalized spacial score (nSPS) is 30.6. The minimum atomic E-state index is -5.83. The topological polar surface area (TPSA) is 253 Å². The molecule has 0 saturated carbocycles. The highest BCUT2D eigenvalue weighted by Gasteiger charge is 2.58. The van der Waals surface area contributed by atoms with Crippen LogP contribution in [0.4, 0.5) is 4.39 Å². The van der Waals surface area contributed by atoms with E-state index in [0.717, 1.165) is 19.4 Å². The fourth-order valence-electron chi connectivity index (χ4n) is 2.40. The van der Waals surface area contributed by atoms with Gasteiger partial charge in [-0.05, 0) is 0 Å². The van der Waals surface area contributed by atoms with Crippen LogP contribution in [0.1, 0.15) is 6.23 Å². The van der Waals surface area contributed by atoms with Gasteiger partial charge >= 0.3 is 29.2 Å². The number of rotatable bonds is 9. The molecule has 0 aliphatic carbocycles. The van der Waals surface area contributed by atoms with Gasteiger partial charge in [-0.2, -0.15) is 8.62 Å². The smallest absolute Gasteiger partial charge is 0.385 e. The molecule has 0 amide bonds. The number of aromatic nitrogens is 2. The Balaban J connectivity index is 2.21. The summed E-state index contributed by atoms with van der Waals surface area (Å²) < 4.78 is 70.2. The SMILES string of the molecule is CO[C@]1(COP(=O)(O)OP(=O)(O)OP(=O)(O)O)O[C@@H](n2ccc(=O)[nH]c2=O)[C@H](O)[C@@H]1F. The van der Waals surface area contributed by atoms with Crippen LogP contribution in [0.15, 0.2) is 21.9 Å². The maximum absolute atomic E-state index is 14.7. The summed E-state index contributed by atoms with van der Waals surface area (Å²) in [6.07, 6.45) is -5.64. The van der Waals surface area contributed by atoms with Crippen molar-refractivity contribution in [2.75, 3.05) is 13.7 Å². The number of phosphoric ester groups is 1.